The molecule has 4 heteroatoms. The van der Waals surface area contributed by atoms with Crippen molar-refractivity contribution in [2.45, 2.75) is 38.4 Å². The van der Waals surface area contributed by atoms with Gasteiger partial charge in [0.2, 0.25) is 5.91 Å². The Bertz CT molecular complexity index is 475. The van der Waals surface area contributed by atoms with Crippen molar-refractivity contribution in [1.82, 2.24) is 10.2 Å². The third-order valence-corrected chi connectivity index (χ3v) is 3.97. The molecule has 2 saturated heterocycles. The van der Waals surface area contributed by atoms with Gasteiger partial charge in [0, 0.05) is 12.1 Å². The second-order valence-electron chi connectivity index (χ2n) is 5.13. The van der Waals surface area contributed by atoms with E-state index in [1.807, 2.05) is 31.2 Å². The van der Waals surface area contributed by atoms with E-state index in [-0.39, 0.29) is 18.1 Å². The van der Waals surface area contributed by atoms with Crippen molar-refractivity contribution < 1.29 is 9.53 Å². The highest BCUT2D eigenvalue weighted by molar-refractivity contribution is 5.84. The molecule has 19 heavy (non-hydrogen) atoms. The van der Waals surface area contributed by atoms with Gasteiger partial charge in [-0.05, 0) is 25.8 Å². The molecular formula is C15H20N2O2. The smallest absolute Gasteiger partial charge is 0.238 e. The van der Waals surface area contributed by atoms with E-state index in [0.29, 0.717) is 6.61 Å². The molecule has 1 aromatic carbocycles. The number of amides is 1. The van der Waals surface area contributed by atoms with Crippen LogP contribution in [0, 0.1) is 0 Å². The number of piperidine rings is 1. The van der Waals surface area contributed by atoms with Crippen LogP contribution in [0.5, 0.6) is 5.75 Å². The van der Waals surface area contributed by atoms with Gasteiger partial charge in [-0.3, -0.25) is 9.69 Å². The van der Waals surface area contributed by atoms with E-state index >= 15 is 0 Å². The molecule has 102 valence electrons. The molecule has 0 aliphatic carbocycles. The number of carbonyl (C=O) groups is 1. The molecule has 0 saturated carbocycles. The molecular weight excluding hydrogens is 240 g/mol. The summed E-state index contributed by atoms with van der Waals surface area (Å²) in [5, 5.41) is 3.12. The lowest BCUT2D eigenvalue weighted by Gasteiger charge is -2.32. The molecule has 2 fully saturated rings. The molecule has 2 atom stereocenters. The van der Waals surface area contributed by atoms with Gasteiger partial charge in [-0.2, -0.15) is 0 Å². The molecule has 4 nitrogen and oxygen atoms in total. The van der Waals surface area contributed by atoms with E-state index in [1.165, 1.54) is 6.42 Å². The van der Waals surface area contributed by atoms with Crippen molar-refractivity contribution >= 4 is 5.91 Å². The van der Waals surface area contributed by atoms with Gasteiger partial charge in [0.1, 0.15) is 11.9 Å². The number of rotatable bonds is 3. The molecule has 2 aliphatic heterocycles. The van der Waals surface area contributed by atoms with E-state index in [0.717, 1.165) is 30.7 Å². The second-order valence-corrected chi connectivity index (χ2v) is 5.13. The minimum atomic E-state index is -0.0273. The predicted octanol–water partition coefficient (Wildman–Crippen LogP) is 2.07. The largest absolute Gasteiger partial charge is 0.493 e. The Balaban J connectivity index is 1.91. The van der Waals surface area contributed by atoms with Crippen LogP contribution in [0.4, 0.5) is 0 Å². The van der Waals surface area contributed by atoms with Gasteiger partial charge >= 0.3 is 0 Å². The first-order chi connectivity index (χ1) is 9.31. The van der Waals surface area contributed by atoms with Gasteiger partial charge in [-0.15, -0.1) is 0 Å². The van der Waals surface area contributed by atoms with Crippen LogP contribution in [0.2, 0.25) is 0 Å². The van der Waals surface area contributed by atoms with Crippen LogP contribution in [-0.4, -0.2) is 30.0 Å². The average molecular weight is 260 g/mol. The zero-order valence-corrected chi connectivity index (χ0v) is 11.3. The fraction of sp³-hybridized carbons (Fsp3) is 0.533. The number of nitrogens with one attached hydrogen (secondary N) is 1. The van der Waals surface area contributed by atoms with Crippen LogP contribution in [0.1, 0.15) is 37.9 Å². The number of hydrogen-bond donors (Lipinski definition) is 1. The van der Waals surface area contributed by atoms with E-state index < -0.39 is 0 Å². The fourth-order valence-corrected chi connectivity index (χ4v) is 3.11. The summed E-state index contributed by atoms with van der Waals surface area (Å²) >= 11 is 0. The molecule has 0 spiro atoms. The fourth-order valence-electron chi connectivity index (χ4n) is 3.11. The van der Waals surface area contributed by atoms with E-state index in [1.54, 1.807) is 0 Å². The van der Waals surface area contributed by atoms with Gasteiger partial charge in [0.15, 0.2) is 0 Å². The number of nitrogens with zero attached hydrogens (tertiary/aromatic N) is 1. The highest BCUT2D eigenvalue weighted by atomic mass is 16.5. The minimum absolute atomic E-state index is 0.0273. The van der Waals surface area contributed by atoms with Crippen LogP contribution >= 0.6 is 0 Å². The third-order valence-electron chi connectivity index (χ3n) is 3.97. The van der Waals surface area contributed by atoms with Crippen molar-refractivity contribution in [1.29, 1.82) is 0 Å². The van der Waals surface area contributed by atoms with Crippen molar-refractivity contribution in [2.75, 3.05) is 13.2 Å². The van der Waals surface area contributed by atoms with Crippen molar-refractivity contribution in [3.63, 3.8) is 0 Å². The Kier molecular flexibility index (Phi) is 3.42. The lowest BCUT2D eigenvalue weighted by molar-refractivity contribution is -0.122. The normalized spacial score (nSPS) is 26.9. The number of benzene rings is 1. The zero-order chi connectivity index (χ0) is 13.2. The van der Waals surface area contributed by atoms with Gasteiger partial charge in [-0.25, -0.2) is 0 Å². The van der Waals surface area contributed by atoms with E-state index in [2.05, 4.69) is 10.2 Å². The quantitative estimate of drug-likeness (QED) is 0.904. The summed E-state index contributed by atoms with van der Waals surface area (Å²) in [6.07, 6.45) is 3.26. The summed E-state index contributed by atoms with van der Waals surface area (Å²) in [5.41, 5.74) is 1.07. The molecule has 0 radical (unpaired) electrons. The molecule has 1 aromatic rings. The first-order valence-corrected chi connectivity index (χ1v) is 7.09. The van der Waals surface area contributed by atoms with Crippen LogP contribution in [0.15, 0.2) is 24.3 Å². The molecule has 3 rings (SSSR count). The summed E-state index contributed by atoms with van der Waals surface area (Å²) in [6, 6.07) is 8.04. The molecule has 2 unspecified atom stereocenters. The first kappa shape index (κ1) is 12.5. The molecule has 2 aliphatic rings. The zero-order valence-electron chi connectivity index (χ0n) is 11.3. The Morgan fingerprint density at radius 1 is 1.37 bits per heavy atom. The van der Waals surface area contributed by atoms with Gasteiger partial charge in [0.25, 0.3) is 0 Å². The van der Waals surface area contributed by atoms with Gasteiger partial charge in [-0.1, -0.05) is 24.6 Å². The number of ether oxygens (including phenoxy) is 1. The number of carbonyl (C=O) groups excluding carboxylic acids is 1. The Morgan fingerprint density at radius 3 is 3.05 bits per heavy atom. The molecule has 1 N–H and O–H groups in total. The van der Waals surface area contributed by atoms with Crippen LogP contribution in [-0.2, 0) is 4.79 Å². The summed E-state index contributed by atoms with van der Waals surface area (Å²) in [6.45, 7) is 3.60. The average Bonchev–Trinajstić information content (AvgIpc) is 2.78. The molecule has 1 amide bonds. The Hall–Kier alpha value is -1.55. The highest BCUT2D eigenvalue weighted by Gasteiger charge is 2.42. The van der Waals surface area contributed by atoms with E-state index in [4.69, 9.17) is 4.74 Å². The maximum absolute atomic E-state index is 12.1. The lowest BCUT2D eigenvalue weighted by atomic mass is 10.0. The maximum atomic E-state index is 12.1. The second kappa shape index (κ2) is 5.21. The van der Waals surface area contributed by atoms with Crippen LogP contribution in [0.25, 0.3) is 0 Å². The van der Waals surface area contributed by atoms with E-state index in [9.17, 15) is 4.79 Å². The monoisotopic (exact) mass is 260 g/mol. The highest BCUT2D eigenvalue weighted by Crippen LogP contribution is 2.35. The third kappa shape index (κ3) is 2.21. The molecule has 2 heterocycles. The van der Waals surface area contributed by atoms with Crippen LogP contribution in [0.3, 0.4) is 0 Å². The summed E-state index contributed by atoms with van der Waals surface area (Å²) in [4.78, 5) is 14.3. The first-order valence-electron chi connectivity index (χ1n) is 7.09. The lowest BCUT2D eigenvalue weighted by Crippen LogP contribution is -2.38. The number of para-hydroxylation sites is 1. The van der Waals surface area contributed by atoms with Crippen molar-refractivity contribution in [2.24, 2.45) is 0 Å². The van der Waals surface area contributed by atoms with Crippen molar-refractivity contribution in [3.8, 4) is 5.75 Å². The Labute approximate surface area is 113 Å². The topological polar surface area (TPSA) is 41.6 Å². The molecule has 0 aromatic heterocycles. The Morgan fingerprint density at radius 2 is 2.21 bits per heavy atom. The van der Waals surface area contributed by atoms with Gasteiger partial charge < -0.3 is 10.1 Å². The molecule has 0 bridgehead atoms. The minimum Gasteiger partial charge on any atom is -0.493 e. The summed E-state index contributed by atoms with van der Waals surface area (Å²) in [7, 11) is 0. The van der Waals surface area contributed by atoms with Crippen LogP contribution < -0.4 is 10.1 Å². The van der Waals surface area contributed by atoms with Gasteiger partial charge in [0.05, 0.1) is 12.6 Å². The van der Waals surface area contributed by atoms with Crippen molar-refractivity contribution in [3.05, 3.63) is 29.8 Å². The standard InChI is InChI=1S/C15H20N2O2/c1-2-19-13-9-4-3-7-11(13)14-16-15(18)12-8-5-6-10-17(12)14/h3-4,7,9,12,14H,2,5-6,8,10H2,1H3,(H,16,18). The summed E-state index contributed by atoms with van der Waals surface area (Å²) < 4.78 is 5.69. The summed E-state index contributed by atoms with van der Waals surface area (Å²) in [5.74, 6) is 1.04. The number of fused-ring (bicyclic) bond motifs is 1. The predicted molar refractivity (Wildman–Crippen MR) is 72.8 cm³/mol. The number of hydrogen-bond acceptors (Lipinski definition) is 3. The SMILES string of the molecule is CCOc1ccccc1C1NC(=O)C2CCCCN21. The maximum Gasteiger partial charge on any atom is 0.238 e.